The van der Waals surface area contributed by atoms with Crippen molar-refractivity contribution in [1.82, 2.24) is 0 Å². The van der Waals surface area contributed by atoms with E-state index in [9.17, 15) is 0 Å². The second kappa shape index (κ2) is 7.40. The topological polar surface area (TPSA) is 20.2 Å². The summed E-state index contributed by atoms with van der Waals surface area (Å²) < 4.78 is 0. The molecule has 0 unspecified atom stereocenters. The summed E-state index contributed by atoms with van der Waals surface area (Å²) in [7, 11) is 3.69. The van der Waals surface area contributed by atoms with Gasteiger partial charge in [0.1, 0.15) is 0 Å². The lowest BCUT2D eigenvalue weighted by Gasteiger charge is -1.69. The third kappa shape index (κ3) is 6.40. The van der Waals surface area contributed by atoms with Crippen molar-refractivity contribution < 1.29 is 5.11 Å². The Morgan fingerprint density at radius 1 is 1.75 bits per heavy atom. The maximum Gasteiger partial charge on any atom is 0.0402 e. The van der Waals surface area contributed by atoms with Crippen LogP contribution in [-0.2, 0) is 0 Å². The van der Waals surface area contributed by atoms with E-state index in [1.54, 1.807) is 6.92 Å². The molecule has 0 aromatic rings. The first-order valence-electron chi connectivity index (χ1n) is 2.46. The van der Waals surface area contributed by atoms with Gasteiger partial charge in [-0.25, -0.2) is 0 Å². The van der Waals surface area contributed by atoms with Gasteiger partial charge >= 0.3 is 0 Å². The molecule has 0 aromatic heterocycles. The van der Waals surface area contributed by atoms with Crippen molar-refractivity contribution in [3.8, 4) is 0 Å². The minimum Gasteiger partial charge on any atom is -0.397 e. The largest absolute Gasteiger partial charge is 0.397 e. The first kappa shape index (κ1) is 8.40. The number of hydrogen-bond acceptors (Lipinski definition) is 3. The van der Waals surface area contributed by atoms with E-state index in [0.29, 0.717) is 0 Å². The lowest BCUT2D eigenvalue weighted by atomic mass is 10.8. The van der Waals surface area contributed by atoms with E-state index >= 15 is 0 Å². The van der Waals surface area contributed by atoms with Crippen LogP contribution < -0.4 is 0 Å². The molecule has 0 saturated heterocycles. The first-order chi connectivity index (χ1) is 3.91. The zero-order chi connectivity index (χ0) is 6.24. The number of hydrogen-bond donors (Lipinski definition) is 1. The van der Waals surface area contributed by atoms with Crippen LogP contribution in [0.25, 0.3) is 0 Å². The molecular formula is C5H10OS2. The minimum atomic E-state index is 0.250. The molecule has 1 heterocycles. The van der Waals surface area contributed by atoms with Crippen molar-refractivity contribution >= 4 is 21.6 Å². The monoisotopic (exact) mass is 150 g/mol. The molecule has 0 aliphatic carbocycles. The molecule has 1 rings (SSSR count). The molecular weight excluding hydrogens is 140 g/mol. The van der Waals surface area contributed by atoms with E-state index in [1.807, 2.05) is 21.6 Å². The van der Waals surface area contributed by atoms with E-state index in [0.717, 1.165) is 0 Å². The van der Waals surface area contributed by atoms with Crippen LogP contribution in [0.3, 0.4) is 0 Å². The first-order valence-corrected chi connectivity index (χ1v) is 4.84. The van der Waals surface area contributed by atoms with Crippen LogP contribution in [0.1, 0.15) is 6.92 Å². The van der Waals surface area contributed by atoms with Crippen LogP contribution in [0, 0.1) is 0 Å². The highest BCUT2D eigenvalue weighted by Gasteiger charge is 1.85. The number of aliphatic hydroxyl groups excluding tert-OH is 1. The van der Waals surface area contributed by atoms with Gasteiger partial charge in [0, 0.05) is 12.4 Å². The molecule has 1 aliphatic rings. The van der Waals surface area contributed by atoms with Gasteiger partial charge in [-0.3, -0.25) is 0 Å². The van der Waals surface area contributed by atoms with Crippen LogP contribution in [0.5, 0.6) is 0 Å². The van der Waals surface area contributed by atoms with Gasteiger partial charge in [0.15, 0.2) is 0 Å². The van der Waals surface area contributed by atoms with Gasteiger partial charge in [-0.1, -0.05) is 27.7 Å². The highest BCUT2D eigenvalue weighted by molar-refractivity contribution is 8.78. The van der Waals surface area contributed by atoms with E-state index in [4.69, 9.17) is 5.11 Å². The molecule has 48 valence electrons. The van der Waals surface area contributed by atoms with Gasteiger partial charge in [-0.2, -0.15) is 0 Å². The lowest BCUT2D eigenvalue weighted by Crippen LogP contribution is -1.57. The zero-order valence-electron chi connectivity index (χ0n) is 4.83. The molecule has 3 heteroatoms. The number of aliphatic hydroxyl groups is 1. The third-order valence-corrected chi connectivity index (χ3v) is 2.30. The molecule has 0 amide bonds. The fraction of sp³-hybridized carbons (Fsp3) is 0.600. The molecule has 1 aliphatic heterocycles. The van der Waals surface area contributed by atoms with Crippen LogP contribution in [0.2, 0.25) is 0 Å². The molecule has 0 fully saturated rings. The quantitative estimate of drug-likeness (QED) is 0.533. The van der Waals surface area contributed by atoms with Crippen molar-refractivity contribution in [2.75, 3.05) is 12.4 Å². The Hall–Kier alpha value is 0.400. The van der Waals surface area contributed by atoms with Crippen molar-refractivity contribution in [3.05, 3.63) is 11.5 Å². The highest BCUT2D eigenvalue weighted by Crippen LogP contribution is 2.27. The zero-order valence-corrected chi connectivity index (χ0v) is 6.47. The fourth-order valence-electron chi connectivity index (χ4n) is 0.196. The highest BCUT2D eigenvalue weighted by atomic mass is 33.1. The summed E-state index contributed by atoms with van der Waals surface area (Å²) in [6.07, 6.45) is 2.16. The molecule has 1 N–H and O–H groups in total. The summed E-state index contributed by atoms with van der Waals surface area (Å²) in [5, 5.41) is 9.69. The van der Waals surface area contributed by atoms with Crippen LogP contribution in [0.15, 0.2) is 11.5 Å². The molecule has 0 spiro atoms. The van der Waals surface area contributed by atoms with E-state index in [2.05, 4.69) is 11.5 Å². The fourth-order valence-corrected chi connectivity index (χ4v) is 1.77. The molecule has 0 saturated carbocycles. The van der Waals surface area contributed by atoms with Gasteiger partial charge in [-0.05, 0) is 12.3 Å². The predicted molar refractivity (Wildman–Crippen MR) is 41.9 cm³/mol. The van der Waals surface area contributed by atoms with Gasteiger partial charge in [0.25, 0.3) is 0 Å². The van der Waals surface area contributed by atoms with E-state index < -0.39 is 0 Å². The standard InChI is InChI=1S/C3H4S2.C2H6O/c1-2-4-5-3-1;1-2-3/h1-2H,3H2;3H,2H2,1H3. The van der Waals surface area contributed by atoms with Crippen molar-refractivity contribution in [2.24, 2.45) is 0 Å². The summed E-state index contributed by atoms with van der Waals surface area (Å²) in [4.78, 5) is 0. The van der Waals surface area contributed by atoms with Gasteiger partial charge in [0.2, 0.25) is 0 Å². The third-order valence-electron chi connectivity index (χ3n) is 0.384. The molecule has 0 aromatic carbocycles. The maximum absolute atomic E-state index is 7.57. The van der Waals surface area contributed by atoms with Gasteiger partial charge in [-0.15, -0.1) is 0 Å². The van der Waals surface area contributed by atoms with Crippen molar-refractivity contribution in [3.63, 3.8) is 0 Å². The summed E-state index contributed by atoms with van der Waals surface area (Å²) in [5.41, 5.74) is 0. The lowest BCUT2D eigenvalue weighted by molar-refractivity contribution is 0.318. The molecule has 1 nitrogen and oxygen atoms in total. The molecule has 0 atom stereocenters. The molecule has 0 bridgehead atoms. The second-order valence-corrected chi connectivity index (χ2v) is 3.39. The Balaban J connectivity index is 0.000000145. The van der Waals surface area contributed by atoms with Gasteiger partial charge in [0.05, 0.1) is 0 Å². The Kier molecular flexibility index (Phi) is 7.77. The number of rotatable bonds is 0. The molecule has 0 radical (unpaired) electrons. The van der Waals surface area contributed by atoms with Crippen molar-refractivity contribution in [1.29, 1.82) is 0 Å². The van der Waals surface area contributed by atoms with E-state index in [-0.39, 0.29) is 6.61 Å². The molecule has 8 heavy (non-hydrogen) atoms. The Morgan fingerprint density at radius 3 is 2.50 bits per heavy atom. The normalized spacial score (nSPS) is 15.2. The Morgan fingerprint density at radius 2 is 2.38 bits per heavy atom. The minimum absolute atomic E-state index is 0.250. The average Bonchev–Trinajstić information content (AvgIpc) is 2.17. The van der Waals surface area contributed by atoms with E-state index in [1.165, 1.54) is 5.75 Å². The van der Waals surface area contributed by atoms with Crippen LogP contribution in [0.4, 0.5) is 0 Å². The van der Waals surface area contributed by atoms with Crippen LogP contribution >= 0.6 is 21.6 Å². The van der Waals surface area contributed by atoms with Crippen molar-refractivity contribution in [2.45, 2.75) is 6.92 Å². The SMILES string of the molecule is C1=CSSC1.CCO. The van der Waals surface area contributed by atoms with Crippen LogP contribution in [-0.4, -0.2) is 17.5 Å². The summed E-state index contributed by atoms with van der Waals surface area (Å²) in [5.74, 6) is 1.20. The predicted octanol–water partition coefficient (Wildman–Crippen LogP) is 1.89. The second-order valence-electron chi connectivity index (χ2n) is 1.07. The summed E-state index contributed by atoms with van der Waals surface area (Å²) in [6.45, 7) is 1.93. The summed E-state index contributed by atoms with van der Waals surface area (Å²) >= 11 is 0. The smallest absolute Gasteiger partial charge is 0.0402 e. The average molecular weight is 150 g/mol. The summed E-state index contributed by atoms with van der Waals surface area (Å²) in [6, 6.07) is 0. The maximum atomic E-state index is 7.57. The Labute approximate surface area is 57.9 Å². The Bertz CT molecular complexity index is 57.4. The van der Waals surface area contributed by atoms with Gasteiger partial charge < -0.3 is 5.11 Å².